The molecule has 2 aromatic carbocycles. The maximum atomic E-state index is 13.2. The number of carbonyl (C=O) groups excluding carboxylic acids is 1. The number of carbonyl (C=O) groups is 1. The fourth-order valence-corrected chi connectivity index (χ4v) is 2.17. The molecule has 0 atom stereocenters. The van der Waals surface area contributed by atoms with E-state index in [9.17, 15) is 9.18 Å². The number of fused-ring (bicyclic) bond motifs is 1. The second-order valence-electron chi connectivity index (χ2n) is 5.01. The lowest BCUT2D eigenvalue weighted by Crippen LogP contribution is -1.91. The minimum Gasteiger partial charge on any atom is -0.453 e. The fraction of sp³-hybridized carbons (Fsp3) is 0.118. The summed E-state index contributed by atoms with van der Waals surface area (Å²) in [5.41, 5.74) is 2.84. The molecule has 1 N–H and O–H groups in total. The van der Waals surface area contributed by atoms with Crippen molar-refractivity contribution in [3.05, 3.63) is 59.6 Å². The highest BCUT2D eigenvalue weighted by atomic mass is 19.1. The molecule has 4 heteroatoms. The van der Waals surface area contributed by atoms with Gasteiger partial charge < -0.3 is 9.73 Å². The van der Waals surface area contributed by atoms with Gasteiger partial charge >= 0.3 is 0 Å². The van der Waals surface area contributed by atoms with Gasteiger partial charge in [0.2, 0.25) is 0 Å². The van der Waals surface area contributed by atoms with Gasteiger partial charge in [-0.05, 0) is 48.9 Å². The van der Waals surface area contributed by atoms with E-state index in [-0.39, 0.29) is 11.6 Å². The van der Waals surface area contributed by atoms with E-state index in [4.69, 9.17) is 4.42 Å². The molecule has 0 radical (unpaired) electrons. The van der Waals surface area contributed by atoms with E-state index >= 15 is 0 Å². The normalized spacial score (nSPS) is 10.8. The Bertz CT molecular complexity index is 836. The van der Waals surface area contributed by atoms with Crippen molar-refractivity contribution < 1.29 is 13.6 Å². The molecular formula is C17H14FNO2. The van der Waals surface area contributed by atoms with E-state index in [0.29, 0.717) is 16.9 Å². The molecule has 0 saturated carbocycles. The number of Topliss-reactive ketones (excluding diaryl/α,β-unsaturated/α-hetero) is 1. The minimum atomic E-state index is -0.229. The Labute approximate surface area is 121 Å². The van der Waals surface area contributed by atoms with Crippen LogP contribution in [0, 0.1) is 12.7 Å². The lowest BCUT2D eigenvalue weighted by molar-refractivity contribution is 0.0989. The van der Waals surface area contributed by atoms with Crippen LogP contribution in [0.25, 0.3) is 11.0 Å². The zero-order valence-corrected chi connectivity index (χ0v) is 11.7. The number of rotatable bonds is 3. The van der Waals surface area contributed by atoms with Gasteiger partial charge in [-0.25, -0.2) is 4.39 Å². The van der Waals surface area contributed by atoms with Crippen LogP contribution in [0.1, 0.15) is 23.0 Å². The summed E-state index contributed by atoms with van der Waals surface area (Å²) >= 11 is 0. The number of hydrogen-bond donors (Lipinski definition) is 1. The molecule has 0 saturated heterocycles. The van der Waals surface area contributed by atoms with E-state index < -0.39 is 0 Å². The Morgan fingerprint density at radius 3 is 2.52 bits per heavy atom. The van der Waals surface area contributed by atoms with Crippen LogP contribution in [0.3, 0.4) is 0 Å². The standard InChI is InChI=1S/C17H14FNO2/c1-10-7-13(5-6-15(10)18)19-14-4-3-12-8-16(11(2)20)21-17(12)9-14/h3-9,19H,1-2H3. The van der Waals surface area contributed by atoms with Crippen LogP contribution >= 0.6 is 0 Å². The molecule has 0 fully saturated rings. The molecule has 0 amide bonds. The topological polar surface area (TPSA) is 42.2 Å². The van der Waals surface area contributed by atoms with E-state index in [0.717, 1.165) is 16.8 Å². The number of halogens is 1. The summed E-state index contributed by atoms with van der Waals surface area (Å²) in [6, 6.07) is 12.2. The van der Waals surface area contributed by atoms with E-state index in [2.05, 4.69) is 5.32 Å². The molecule has 0 spiro atoms. The molecule has 21 heavy (non-hydrogen) atoms. The molecule has 106 valence electrons. The van der Waals surface area contributed by atoms with Gasteiger partial charge in [-0.15, -0.1) is 0 Å². The fourth-order valence-electron chi connectivity index (χ4n) is 2.17. The molecule has 0 aliphatic carbocycles. The number of nitrogens with one attached hydrogen (secondary N) is 1. The highest BCUT2D eigenvalue weighted by Gasteiger charge is 2.08. The summed E-state index contributed by atoms with van der Waals surface area (Å²) in [7, 11) is 0. The average Bonchev–Trinajstić information content (AvgIpc) is 2.86. The predicted octanol–water partition coefficient (Wildman–Crippen LogP) is 4.83. The van der Waals surface area contributed by atoms with Crippen molar-refractivity contribution in [1.82, 2.24) is 0 Å². The Kier molecular flexibility index (Phi) is 3.22. The number of furan rings is 1. The third-order valence-electron chi connectivity index (χ3n) is 3.31. The summed E-state index contributed by atoms with van der Waals surface area (Å²) in [5.74, 6) is 0.0165. The van der Waals surface area contributed by atoms with Crippen LogP contribution in [-0.4, -0.2) is 5.78 Å². The van der Waals surface area contributed by atoms with Gasteiger partial charge in [0.05, 0.1) is 0 Å². The average molecular weight is 283 g/mol. The van der Waals surface area contributed by atoms with Gasteiger partial charge in [0.15, 0.2) is 11.5 Å². The predicted molar refractivity (Wildman–Crippen MR) is 80.6 cm³/mol. The summed E-state index contributed by atoms with van der Waals surface area (Å²) in [6.07, 6.45) is 0. The largest absolute Gasteiger partial charge is 0.453 e. The van der Waals surface area contributed by atoms with Crippen molar-refractivity contribution in [2.45, 2.75) is 13.8 Å². The molecule has 3 rings (SSSR count). The van der Waals surface area contributed by atoms with Crippen molar-refractivity contribution >= 4 is 28.1 Å². The maximum Gasteiger partial charge on any atom is 0.194 e. The lowest BCUT2D eigenvalue weighted by Gasteiger charge is -2.07. The Hall–Kier alpha value is -2.62. The zero-order chi connectivity index (χ0) is 15.0. The van der Waals surface area contributed by atoms with Crippen molar-refractivity contribution in [2.75, 3.05) is 5.32 Å². The Balaban J connectivity index is 1.93. The molecule has 0 aliphatic rings. The molecule has 0 aliphatic heterocycles. The van der Waals surface area contributed by atoms with Gasteiger partial charge in [-0.3, -0.25) is 4.79 Å². The number of benzene rings is 2. The first-order valence-electron chi connectivity index (χ1n) is 6.60. The van der Waals surface area contributed by atoms with Crippen LogP contribution < -0.4 is 5.32 Å². The highest BCUT2D eigenvalue weighted by Crippen LogP contribution is 2.26. The molecular weight excluding hydrogens is 269 g/mol. The van der Waals surface area contributed by atoms with Crippen molar-refractivity contribution in [2.24, 2.45) is 0 Å². The van der Waals surface area contributed by atoms with Gasteiger partial charge in [-0.1, -0.05) is 0 Å². The van der Waals surface area contributed by atoms with Crippen molar-refractivity contribution in [3.63, 3.8) is 0 Å². The van der Waals surface area contributed by atoms with Crippen LogP contribution in [0.2, 0.25) is 0 Å². The van der Waals surface area contributed by atoms with Crippen LogP contribution in [0.5, 0.6) is 0 Å². The second kappa shape index (κ2) is 5.05. The van der Waals surface area contributed by atoms with Crippen LogP contribution in [0.4, 0.5) is 15.8 Å². The Morgan fingerprint density at radius 1 is 1.10 bits per heavy atom. The van der Waals surface area contributed by atoms with E-state index in [1.807, 2.05) is 18.2 Å². The van der Waals surface area contributed by atoms with Gasteiger partial charge in [0.25, 0.3) is 0 Å². The van der Waals surface area contributed by atoms with Gasteiger partial charge in [0, 0.05) is 29.8 Å². The number of aryl methyl sites for hydroxylation is 1. The monoisotopic (exact) mass is 283 g/mol. The molecule has 1 aromatic heterocycles. The molecule has 3 nitrogen and oxygen atoms in total. The van der Waals surface area contributed by atoms with Gasteiger partial charge in [-0.2, -0.15) is 0 Å². The quantitative estimate of drug-likeness (QED) is 0.700. The second-order valence-corrected chi connectivity index (χ2v) is 5.01. The van der Waals surface area contributed by atoms with Crippen LogP contribution in [-0.2, 0) is 0 Å². The third-order valence-corrected chi connectivity index (χ3v) is 3.31. The van der Waals surface area contributed by atoms with Gasteiger partial charge in [0.1, 0.15) is 11.4 Å². The first kappa shape index (κ1) is 13.4. The number of hydrogen-bond acceptors (Lipinski definition) is 3. The van der Waals surface area contributed by atoms with E-state index in [1.165, 1.54) is 13.0 Å². The highest BCUT2D eigenvalue weighted by molar-refractivity contribution is 5.96. The van der Waals surface area contributed by atoms with Crippen molar-refractivity contribution in [1.29, 1.82) is 0 Å². The SMILES string of the molecule is CC(=O)c1cc2ccc(Nc3ccc(F)c(C)c3)cc2o1. The first-order valence-corrected chi connectivity index (χ1v) is 6.60. The summed E-state index contributed by atoms with van der Waals surface area (Å²) in [4.78, 5) is 11.3. The number of anilines is 2. The minimum absolute atomic E-state index is 0.102. The van der Waals surface area contributed by atoms with Crippen LogP contribution in [0.15, 0.2) is 46.9 Å². The maximum absolute atomic E-state index is 13.2. The van der Waals surface area contributed by atoms with E-state index in [1.54, 1.807) is 25.1 Å². The summed E-state index contributed by atoms with van der Waals surface area (Å²) < 4.78 is 18.8. The molecule has 0 bridgehead atoms. The lowest BCUT2D eigenvalue weighted by atomic mass is 10.2. The van der Waals surface area contributed by atoms with Crippen molar-refractivity contribution in [3.8, 4) is 0 Å². The zero-order valence-electron chi connectivity index (χ0n) is 11.7. The Morgan fingerprint density at radius 2 is 1.81 bits per heavy atom. The number of ketones is 1. The molecule has 0 unspecified atom stereocenters. The summed E-state index contributed by atoms with van der Waals surface area (Å²) in [5, 5.41) is 4.07. The molecule has 3 aromatic rings. The molecule has 1 heterocycles. The first-order chi connectivity index (χ1) is 10.0. The summed E-state index contributed by atoms with van der Waals surface area (Å²) in [6.45, 7) is 3.19. The third kappa shape index (κ3) is 2.65. The smallest absolute Gasteiger partial charge is 0.194 e.